The normalized spacial score (nSPS) is 26.8. The average Bonchev–Trinajstić information content (AvgIpc) is 2.84. The molecule has 1 fully saturated rings. The average molecular weight is 181 g/mol. The van der Waals surface area contributed by atoms with E-state index in [1.54, 1.807) is 0 Å². The summed E-state index contributed by atoms with van der Waals surface area (Å²) in [6.07, 6.45) is 0.923. The van der Waals surface area contributed by atoms with Crippen LogP contribution in [0.25, 0.3) is 0 Å². The van der Waals surface area contributed by atoms with Gasteiger partial charge in [0, 0.05) is 5.92 Å². The molecule has 1 saturated carbocycles. The molecule has 1 nitrogen and oxygen atoms in total. The largest absolute Gasteiger partial charge is 0.281 e. The van der Waals surface area contributed by atoms with Crippen molar-refractivity contribution in [2.75, 3.05) is 0 Å². The maximum atomic E-state index is 10.8. The minimum absolute atomic E-state index is 0.0778. The minimum Gasteiger partial charge on any atom is -0.281 e. The molecule has 0 unspecified atom stereocenters. The van der Waals surface area contributed by atoms with Gasteiger partial charge in [-0.05, 0) is 29.5 Å². The lowest BCUT2D eigenvalue weighted by Crippen LogP contribution is -1.90. The molecule has 1 aromatic carbocycles. The van der Waals surface area contributed by atoms with Gasteiger partial charge in [0.25, 0.3) is 0 Å². The molecule has 12 heavy (non-hydrogen) atoms. The maximum absolute atomic E-state index is 10.8. The summed E-state index contributed by atoms with van der Waals surface area (Å²) in [5.41, 5.74) is 1.23. The Morgan fingerprint density at radius 1 is 1.33 bits per heavy atom. The van der Waals surface area contributed by atoms with Gasteiger partial charge in [-0.15, -0.1) is 0 Å². The highest BCUT2D eigenvalue weighted by Crippen LogP contribution is 2.48. The molecule has 0 N–H and O–H groups in total. The predicted molar refractivity (Wildman–Crippen MR) is 48.2 cm³/mol. The predicted octanol–water partition coefficient (Wildman–Crippen LogP) is 2.56. The molecule has 2 heteroatoms. The molecule has 0 bridgehead atoms. The van der Waals surface area contributed by atoms with Gasteiger partial charge >= 0.3 is 0 Å². The van der Waals surface area contributed by atoms with E-state index < -0.39 is 0 Å². The Kier molecular flexibility index (Phi) is 1.89. The molecule has 1 aliphatic carbocycles. The van der Waals surface area contributed by atoms with Gasteiger partial charge in [0.15, 0.2) is 0 Å². The lowest BCUT2D eigenvalue weighted by atomic mass is 10.1. The first-order valence-electron chi connectivity index (χ1n) is 4.03. The van der Waals surface area contributed by atoms with Crippen molar-refractivity contribution in [2.24, 2.45) is 5.92 Å². The highest BCUT2D eigenvalue weighted by atomic mass is 35.5. The highest BCUT2D eigenvalue weighted by Gasteiger charge is 2.42. The molecule has 0 amide bonds. The summed E-state index contributed by atoms with van der Waals surface area (Å²) in [7, 11) is 0. The fraction of sp³-hybridized carbons (Fsp3) is 0.300. The van der Waals surface area contributed by atoms with E-state index in [9.17, 15) is 4.79 Å². The lowest BCUT2D eigenvalue weighted by molar-refractivity contribution is -0.112. The quantitative estimate of drug-likeness (QED) is 0.640. The molecule has 62 valence electrons. The van der Waals surface area contributed by atoms with Crippen LogP contribution >= 0.6 is 11.6 Å². The zero-order valence-electron chi connectivity index (χ0n) is 6.53. The molecule has 0 aliphatic heterocycles. The van der Waals surface area contributed by atoms with Crippen molar-refractivity contribution in [2.45, 2.75) is 12.3 Å². The fourth-order valence-corrected chi connectivity index (χ4v) is 1.76. The maximum Gasteiger partial charge on any atom is 0.225 e. The number of rotatable bonds is 2. The highest BCUT2D eigenvalue weighted by molar-refractivity contribution is 6.64. The Hall–Kier alpha value is -0.820. The molecule has 0 saturated heterocycles. The van der Waals surface area contributed by atoms with Crippen molar-refractivity contribution in [1.29, 1.82) is 0 Å². The first-order valence-corrected chi connectivity index (χ1v) is 4.41. The third-order valence-electron chi connectivity index (χ3n) is 2.31. The Morgan fingerprint density at radius 3 is 2.50 bits per heavy atom. The zero-order valence-corrected chi connectivity index (χ0v) is 7.29. The third-order valence-corrected chi connectivity index (χ3v) is 2.59. The van der Waals surface area contributed by atoms with Crippen molar-refractivity contribution in [1.82, 2.24) is 0 Å². The molecule has 0 aromatic heterocycles. The SMILES string of the molecule is O=C(Cl)[C@@H]1C[C@@H]1c1ccccc1. The van der Waals surface area contributed by atoms with Gasteiger partial charge in [-0.25, -0.2) is 0 Å². The van der Waals surface area contributed by atoms with Crippen molar-refractivity contribution in [3.63, 3.8) is 0 Å². The van der Waals surface area contributed by atoms with E-state index in [0.717, 1.165) is 6.42 Å². The van der Waals surface area contributed by atoms with Gasteiger partial charge < -0.3 is 0 Å². The summed E-state index contributed by atoms with van der Waals surface area (Å²) >= 11 is 5.38. The molecule has 0 spiro atoms. The van der Waals surface area contributed by atoms with Crippen LogP contribution in [0.2, 0.25) is 0 Å². The number of hydrogen-bond donors (Lipinski definition) is 0. The van der Waals surface area contributed by atoms with Gasteiger partial charge in [-0.3, -0.25) is 4.79 Å². The second kappa shape index (κ2) is 2.91. The zero-order chi connectivity index (χ0) is 8.55. The summed E-state index contributed by atoms with van der Waals surface area (Å²) in [4.78, 5) is 10.8. The van der Waals surface area contributed by atoms with Gasteiger partial charge in [0.1, 0.15) is 0 Å². The number of halogens is 1. The summed E-state index contributed by atoms with van der Waals surface area (Å²) in [5.74, 6) is 0.463. The van der Waals surface area contributed by atoms with E-state index in [-0.39, 0.29) is 11.2 Å². The molecule has 0 heterocycles. The Bertz CT molecular complexity index is 294. The van der Waals surface area contributed by atoms with Crippen LogP contribution in [-0.2, 0) is 4.79 Å². The van der Waals surface area contributed by atoms with Crippen LogP contribution in [0.5, 0.6) is 0 Å². The van der Waals surface area contributed by atoms with Crippen molar-refractivity contribution in [3.8, 4) is 0 Å². The van der Waals surface area contributed by atoms with Crippen molar-refractivity contribution >= 4 is 16.8 Å². The van der Waals surface area contributed by atoms with E-state index >= 15 is 0 Å². The number of carbonyl (C=O) groups is 1. The van der Waals surface area contributed by atoms with Gasteiger partial charge in [-0.2, -0.15) is 0 Å². The second-order valence-corrected chi connectivity index (χ2v) is 3.54. The van der Waals surface area contributed by atoms with Crippen LogP contribution in [0, 0.1) is 5.92 Å². The van der Waals surface area contributed by atoms with Gasteiger partial charge in [0.05, 0.1) is 0 Å². The van der Waals surface area contributed by atoms with E-state index in [0.29, 0.717) is 5.92 Å². The van der Waals surface area contributed by atoms with Gasteiger partial charge in [-0.1, -0.05) is 30.3 Å². The first kappa shape index (κ1) is 7.81. The third kappa shape index (κ3) is 1.37. The molecule has 2 atom stereocenters. The van der Waals surface area contributed by atoms with E-state index in [4.69, 9.17) is 11.6 Å². The molecule has 1 aliphatic rings. The van der Waals surface area contributed by atoms with E-state index in [1.807, 2.05) is 30.3 Å². The molecule has 1 aromatic rings. The first-order chi connectivity index (χ1) is 5.79. The fourth-order valence-electron chi connectivity index (χ4n) is 1.51. The van der Waals surface area contributed by atoms with Crippen molar-refractivity contribution < 1.29 is 4.79 Å². The lowest BCUT2D eigenvalue weighted by Gasteiger charge is -1.95. The number of benzene rings is 1. The Balaban J connectivity index is 2.11. The van der Waals surface area contributed by atoms with E-state index in [2.05, 4.69) is 0 Å². The number of hydrogen-bond acceptors (Lipinski definition) is 1. The summed E-state index contributed by atoms with van der Waals surface area (Å²) in [6, 6.07) is 10.0. The molecule has 0 radical (unpaired) electrons. The summed E-state index contributed by atoms with van der Waals surface area (Å²) in [6.45, 7) is 0. The molecular weight excluding hydrogens is 172 g/mol. The molecular formula is C10H9ClO. The standard InChI is InChI=1S/C10H9ClO/c11-10(12)9-6-8(9)7-4-2-1-3-5-7/h1-5,8-9H,6H2/t8-,9-/m1/s1. The van der Waals surface area contributed by atoms with E-state index in [1.165, 1.54) is 5.56 Å². The monoisotopic (exact) mass is 180 g/mol. The summed E-state index contributed by atoms with van der Waals surface area (Å²) < 4.78 is 0. The summed E-state index contributed by atoms with van der Waals surface area (Å²) in [5, 5.41) is -0.191. The second-order valence-electron chi connectivity index (χ2n) is 3.16. The van der Waals surface area contributed by atoms with Crippen molar-refractivity contribution in [3.05, 3.63) is 35.9 Å². The molecule has 2 rings (SSSR count). The van der Waals surface area contributed by atoms with Crippen LogP contribution in [0.3, 0.4) is 0 Å². The van der Waals surface area contributed by atoms with Crippen LogP contribution in [-0.4, -0.2) is 5.24 Å². The Labute approximate surface area is 76.4 Å². The van der Waals surface area contributed by atoms with Crippen LogP contribution < -0.4 is 0 Å². The van der Waals surface area contributed by atoms with Crippen LogP contribution in [0.15, 0.2) is 30.3 Å². The topological polar surface area (TPSA) is 17.1 Å². The Morgan fingerprint density at radius 2 is 2.00 bits per heavy atom. The van der Waals surface area contributed by atoms with Crippen LogP contribution in [0.4, 0.5) is 0 Å². The smallest absolute Gasteiger partial charge is 0.225 e. The van der Waals surface area contributed by atoms with Crippen LogP contribution in [0.1, 0.15) is 17.9 Å². The minimum atomic E-state index is -0.191. The number of carbonyl (C=O) groups excluding carboxylic acids is 1. The van der Waals surface area contributed by atoms with Gasteiger partial charge in [0.2, 0.25) is 5.24 Å².